The van der Waals surface area contributed by atoms with Gasteiger partial charge in [-0.3, -0.25) is 0 Å². The number of aliphatic hydroxyl groups is 3. The molecule has 8 N–H and O–H groups in total. The maximum atomic E-state index is 12.3. The number of ether oxygens (including phenoxy) is 1. The van der Waals surface area contributed by atoms with E-state index in [0.29, 0.717) is 6.92 Å². The summed E-state index contributed by atoms with van der Waals surface area (Å²) in [6, 6.07) is 0.864. The molecule has 0 aliphatic heterocycles. The summed E-state index contributed by atoms with van der Waals surface area (Å²) in [7, 11) is 0. The number of carboxylic acids is 2. The van der Waals surface area contributed by atoms with Crippen LogP contribution >= 0.6 is 0 Å². The number of aliphatic hydroxyl groups excluding tert-OH is 3. The zero-order chi connectivity index (χ0) is 21.3. The van der Waals surface area contributed by atoms with E-state index in [1.165, 1.54) is 6.92 Å². The van der Waals surface area contributed by atoms with Gasteiger partial charge in [0.25, 0.3) is 0 Å². The van der Waals surface area contributed by atoms with Crippen LogP contribution in [0.3, 0.4) is 0 Å². The molecule has 4 atom stereocenters. The van der Waals surface area contributed by atoms with Crippen molar-refractivity contribution >= 4 is 17.9 Å². The molecule has 0 aromatic heterocycles. The number of phenolic OH excluding ortho intramolecular Hbond substituents is 3. The van der Waals surface area contributed by atoms with Crippen molar-refractivity contribution in [1.29, 1.82) is 0 Å². The fourth-order valence-electron chi connectivity index (χ4n) is 2.15. The molecule has 0 spiro atoms. The van der Waals surface area contributed by atoms with Gasteiger partial charge in [-0.25, -0.2) is 14.4 Å². The third-order valence-electron chi connectivity index (χ3n) is 3.85. The van der Waals surface area contributed by atoms with Gasteiger partial charge in [0.1, 0.15) is 17.8 Å². The summed E-state index contributed by atoms with van der Waals surface area (Å²) in [6.45, 7) is 1.81. The molecule has 27 heavy (non-hydrogen) atoms. The molecular formula is C15H18O12. The number of hydrogen-bond acceptors (Lipinski definition) is 10. The van der Waals surface area contributed by atoms with Gasteiger partial charge in [-0.1, -0.05) is 0 Å². The standard InChI is InChI=1S/C15H18O12/c1-4-3-5(16)7(17)8(18)6(4)13(24)27-15(2,14(25)26)11(21)9(19)10(20)12(22)23/h3,9-11,16-21H,1-2H3,(H,22,23)(H,25,26)/t9-,10-,11-,15+/m0/s1. The summed E-state index contributed by atoms with van der Waals surface area (Å²) in [5, 5.41) is 75.5. The van der Waals surface area contributed by atoms with Crippen LogP contribution in [0.2, 0.25) is 0 Å². The number of aryl methyl sites for hydroxylation is 1. The van der Waals surface area contributed by atoms with E-state index in [2.05, 4.69) is 4.74 Å². The van der Waals surface area contributed by atoms with Crippen LogP contribution in [0.4, 0.5) is 0 Å². The van der Waals surface area contributed by atoms with Crippen LogP contribution in [0, 0.1) is 6.92 Å². The first-order chi connectivity index (χ1) is 12.3. The van der Waals surface area contributed by atoms with Gasteiger partial charge in [-0.05, 0) is 25.5 Å². The lowest BCUT2D eigenvalue weighted by Crippen LogP contribution is -2.59. The van der Waals surface area contributed by atoms with Crippen LogP contribution in [-0.4, -0.2) is 82.7 Å². The van der Waals surface area contributed by atoms with Gasteiger partial charge >= 0.3 is 17.9 Å². The first-order valence-electron chi connectivity index (χ1n) is 7.23. The number of carbonyl (C=O) groups excluding carboxylic acids is 1. The summed E-state index contributed by atoms with van der Waals surface area (Å²) in [6.07, 6.45) is -7.75. The van der Waals surface area contributed by atoms with Crippen molar-refractivity contribution < 1.29 is 60.0 Å². The Balaban J connectivity index is 3.32. The van der Waals surface area contributed by atoms with E-state index in [0.717, 1.165) is 6.07 Å². The quantitative estimate of drug-likeness (QED) is 0.192. The highest BCUT2D eigenvalue weighted by Crippen LogP contribution is 2.40. The van der Waals surface area contributed by atoms with Gasteiger partial charge in [0, 0.05) is 0 Å². The van der Waals surface area contributed by atoms with E-state index in [1.807, 2.05) is 0 Å². The van der Waals surface area contributed by atoms with E-state index >= 15 is 0 Å². The maximum Gasteiger partial charge on any atom is 0.350 e. The third kappa shape index (κ3) is 4.02. The number of aliphatic carboxylic acids is 2. The number of phenols is 3. The molecule has 12 heteroatoms. The Bertz CT molecular complexity index is 773. The lowest BCUT2D eigenvalue weighted by Gasteiger charge is -2.33. The Hall–Kier alpha value is -3.09. The Morgan fingerprint density at radius 1 is 1.04 bits per heavy atom. The van der Waals surface area contributed by atoms with Crippen molar-refractivity contribution in [2.45, 2.75) is 37.8 Å². The molecular weight excluding hydrogens is 372 g/mol. The molecule has 1 rings (SSSR count). The largest absolute Gasteiger partial charge is 0.504 e. The topological polar surface area (TPSA) is 222 Å². The highest BCUT2D eigenvalue weighted by molar-refractivity contribution is 5.97. The summed E-state index contributed by atoms with van der Waals surface area (Å²) < 4.78 is 4.65. The highest BCUT2D eigenvalue weighted by Gasteiger charge is 2.51. The molecule has 12 nitrogen and oxygen atoms in total. The average Bonchev–Trinajstić information content (AvgIpc) is 2.57. The SMILES string of the molecule is Cc1cc(O)c(O)c(O)c1C(=O)O[C@@](C)(C(=O)O)[C@@H](O)[C@@H](O)[C@H](O)C(=O)O. The fourth-order valence-corrected chi connectivity index (χ4v) is 2.15. The number of benzene rings is 1. The minimum Gasteiger partial charge on any atom is -0.504 e. The van der Waals surface area contributed by atoms with E-state index < -0.39 is 64.6 Å². The van der Waals surface area contributed by atoms with Crippen molar-refractivity contribution in [3.05, 3.63) is 17.2 Å². The molecule has 1 aromatic rings. The van der Waals surface area contributed by atoms with Crippen molar-refractivity contribution in [2.75, 3.05) is 0 Å². The number of hydrogen-bond donors (Lipinski definition) is 8. The molecule has 0 radical (unpaired) electrons. The lowest BCUT2D eigenvalue weighted by atomic mass is 9.91. The second-order valence-corrected chi connectivity index (χ2v) is 5.81. The molecule has 150 valence electrons. The molecule has 0 aliphatic carbocycles. The van der Waals surface area contributed by atoms with Crippen LogP contribution in [-0.2, 0) is 14.3 Å². The first kappa shape index (κ1) is 22.0. The van der Waals surface area contributed by atoms with E-state index in [1.54, 1.807) is 0 Å². The molecule has 0 saturated carbocycles. The van der Waals surface area contributed by atoms with Gasteiger partial charge in [-0.15, -0.1) is 0 Å². The van der Waals surface area contributed by atoms with Crippen molar-refractivity contribution in [3.8, 4) is 17.2 Å². The maximum absolute atomic E-state index is 12.3. The summed E-state index contributed by atoms with van der Waals surface area (Å²) in [5.74, 6) is -8.57. The summed E-state index contributed by atoms with van der Waals surface area (Å²) in [4.78, 5) is 34.5. The molecule has 0 aliphatic rings. The second-order valence-electron chi connectivity index (χ2n) is 5.81. The van der Waals surface area contributed by atoms with Crippen LogP contribution < -0.4 is 0 Å². The zero-order valence-corrected chi connectivity index (χ0v) is 14.0. The molecule has 0 saturated heterocycles. The molecule has 0 fully saturated rings. The van der Waals surface area contributed by atoms with Gasteiger partial charge in [0.15, 0.2) is 17.6 Å². The molecule has 0 amide bonds. The number of carboxylic acid groups (broad SMARTS) is 2. The third-order valence-corrected chi connectivity index (χ3v) is 3.85. The van der Waals surface area contributed by atoms with E-state index in [4.69, 9.17) is 5.11 Å². The Labute approximate surface area is 151 Å². The Kier molecular flexibility index (Phi) is 6.22. The minimum absolute atomic E-state index is 0.138. The molecule has 1 aromatic carbocycles. The monoisotopic (exact) mass is 390 g/mol. The number of rotatable bonds is 7. The average molecular weight is 390 g/mol. The van der Waals surface area contributed by atoms with Crippen molar-refractivity contribution in [3.63, 3.8) is 0 Å². The molecule has 0 heterocycles. The van der Waals surface area contributed by atoms with Gasteiger partial charge < -0.3 is 45.6 Å². The van der Waals surface area contributed by atoms with Crippen molar-refractivity contribution in [1.82, 2.24) is 0 Å². The van der Waals surface area contributed by atoms with E-state index in [-0.39, 0.29) is 5.56 Å². The van der Waals surface area contributed by atoms with Crippen LogP contribution in [0.1, 0.15) is 22.8 Å². The van der Waals surface area contributed by atoms with Crippen molar-refractivity contribution in [2.24, 2.45) is 0 Å². The Morgan fingerprint density at radius 2 is 1.56 bits per heavy atom. The highest BCUT2D eigenvalue weighted by atomic mass is 16.6. The first-order valence-corrected chi connectivity index (χ1v) is 7.23. The summed E-state index contributed by atoms with van der Waals surface area (Å²) in [5.41, 5.74) is -3.85. The van der Waals surface area contributed by atoms with Crippen LogP contribution in [0.25, 0.3) is 0 Å². The van der Waals surface area contributed by atoms with Gasteiger partial charge in [-0.2, -0.15) is 0 Å². The second kappa shape index (κ2) is 7.65. The van der Waals surface area contributed by atoms with Gasteiger partial charge in [0.05, 0.1) is 0 Å². The predicted molar refractivity (Wildman–Crippen MR) is 83.3 cm³/mol. The smallest absolute Gasteiger partial charge is 0.350 e. The number of esters is 1. The van der Waals surface area contributed by atoms with E-state index in [9.17, 15) is 50.1 Å². The number of aromatic hydroxyl groups is 3. The molecule has 0 unspecified atom stereocenters. The predicted octanol–water partition coefficient (Wildman–Crippen LogP) is -1.72. The van der Waals surface area contributed by atoms with Crippen LogP contribution in [0.5, 0.6) is 17.2 Å². The lowest BCUT2D eigenvalue weighted by molar-refractivity contribution is -0.190. The fraction of sp³-hybridized carbons (Fsp3) is 0.400. The minimum atomic E-state index is -2.96. The normalized spacial score (nSPS) is 16.6. The zero-order valence-electron chi connectivity index (χ0n) is 14.0. The Morgan fingerprint density at radius 3 is 2.00 bits per heavy atom. The summed E-state index contributed by atoms with van der Waals surface area (Å²) >= 11 is 0. The number of carbonyl (C=O) groups is 3. The van der Waals surface area contributed by atoms with Gasteiger partial charge in [0.2, 0.25) is 11.4 Å². The van der Waals surface area contributed by atoms with Crippen LogP contribution in [0.15, 0.2) is 6.07 Å². The molecule has 0 bridgehead atoms.